The first kappa shape index (κ1) is 14.7. The van der Waals surface area contributed by atoms with E-state index < -0.39 is 5.91 Å². The van der Waals surface area contributed by atoms with Crippen LogP contribution < -0.4 is 10.1 Å². The molecule has 1 N–H and O–H groups in total. The molecule has 0 saturated carbocycles. The lowest BCUT2D eigenvalue weighted by Crippen LogP contribution is -2.23. The molecule has 0 aliphatic heterocycles. The van der Waals surface area contributed by atoms with Crippen LogP contribution in [0.15, 0.2) is 53.3 Å². The Bertz CT molecular complexity index is 785. The quantitative estimate of drug-likeness (QED) is 0.776. The second-order valence-electron chi connectivity index (χ2n) is 4.70. The van der Waals surface area contributed by atoms with Crippen molar-refractivity contribution in [3.63, 3.8) is 0 Å². The monoisotopic (exact) mass is 310 g/mol. The SMILES string of the molecule is COc1ccc(-c2noc(C(=O)NCc3cccnc3)n2)cc1. The van der Waals surface area contributed by atoms with Gasteiger partial charge >= 0.3 is 11.8 Å². The molecule has 2 heterocycles. The van der Waals surface area contributed by atoms with E-state index in [2.05, 4.69) is 20.4 Å². The van der Waals surface area contributed by atoms with Gasteiger partial charge < -0.3 is 14.6 Å². The summed E-state index contributed by atoms with van der Waals surface area (Å²) in [6.07, 6.45) is 3.35. The van der Waals surface area contributed by atoms with Crippen LogP contribution in [0.2, 0.25) is 0 Å². The lowest BCUT2D eigenvalue weighted by Gasteiger charge is -2.01. The average molecular weight is 310 g/mol. The van der Waals surface area contributed by atoms with Gasteiger partial charge in [-0.25, -0.2) is 0 Å². The Morgan fingerprint density at radius 3 is 2.78 bits per heavy atom. The zero-order chi connectivity index (χ0) is 16.1. The van der Waals surface area contributed by atoms with Gasteiger partial charge in [0.05, 0.1) is 7.11 Å². The average Bonchev–Trinajstić information content (AvgIpc) is 3.11. The molecule has 7 heteroatoms. The molecule has 0 spiro atoms. The minimum atomic E-state index is -0.430. The topological polar surface area (TPSA) is 90.1 Å². The number of benzene rings is 1. The molecule has 2 aromatic heterocycles. The number of hydrogen-bond donors (Lipinski definition) is 1. The maximum atomic E-state index is 12.0. The number of nitrogens with one attached hydrogen (secondary N) is 1. The van der Waals surface area contributed by atoms with Crippen molar-refractivity contribution in [1.82, 2.24) is 20.4 Å². The van der Waals surface area contributed by atoms with Gasteiger partial charge in [-0.2, -0.15) is 4.98 Å². The van der Waals surface area contributed by atoms with Gasteiger partial charge in [0.2, 0.25) is 5.82 Å². The third kappa shape index (κ3) is 3.52. The fourth-order valence-corrected chi connectivity index (χ4v) is 1.93. The molecule has 0 bridgehead atoms. The predicted molar refractivity (Wildman–Crippen MR) is 81.7 cm³/mol. The van der Waals surface area contributed by atoms with Crippen LogP contribution in [-0.4, -0.2) is 28.1 Å². The van der Waals surface area contributed by atoms with Crippen LogP contribution in [0, 0.1) is 0 Å². The molecule has 0 aliphatic carbocycles. The maximum Gasteiger partial charge on any atom is 0.316 e. The third-order valence-corrected chi connectivity index (χ3v) is 3.14. The summed E-state index contributed by atoms with van der Waals surface area (Å²) in [5, 5.41) is 6.52. The Kier molecular flexibility index (Phi) is 4.28. The molecule has 0 radical (unpaired) electrons. The Morgan fingerprint density at radius 1 is 1.26 bits per heavy atom. The summed E-state index contributed by atoms with van der Waals surface area (Å²) >= 11 is 0. The van der Waals surface area contributed by atoms with E-state index in [-0.39, 0.29) is 5.89 Å². The molecular formula is C16H14N4O3. The fraction of sp³-hybridized carbons (Fsp3) is 0.125. The molecule has 3 aromatic rings. The molecule has 0 fully saturated rings. The van der Waals surface area contributed by atoms with E-state index in [0.29, 0.717) is 12.4 Å². The van der Waals surface area contributed by atoms with E-state index in [4.69, 9.17) is 9.26 Å². The lowest BCUT2D eigenvalue weighted by atomic mass is 10.2. The first-order valence-electron chi connectivity index (χ1n) is 6.91. The number of carbonyl (C=O) groups is 1. The van der Waals surface area contributed by atoms with E-state index in [1.165, 1.54) is 0 Å². The number of pyridine rings is 1. The Labute approximate surface area is 132 Å². The van der Waals surface area contributed by atoms with Gasteiger partial charge in [-0.05, 0) is 35.9 Å². The van der Waals surface area contributed by atoms with Crippen LogP contribution >= 0.6 is 0 Å². The Hall–Kier alpha value is -3.22. The smallest absolute Gasteiger partial charge is 0.316 e. The number of amides is 1. The van der Waals surface area contributed by atoms with Gasteiger partial charge in [0, 0.05) is 24.5 Å². The van der Waals surface area contributed by atoms with Crippen LogP contribution in [0.5, 0.6) is 5.75 Å². The molecule has 7 nitrogen and oxygen atoms in total. The molecular weight excluding hydrogens is 296 g/mol. The summed E-state index contributed by atoms with van der Waals surface area (Å²) in [6, 6.07) is 10.8. The molecule has 1 amide bonds. The van der Waals surface area contributed by atoms with Gasteiger partial charge in [-0.15, -0.1) is 0 Å². The highest BCUT2D eigenvalue weighted by atomic mass is 16.5. The van der Waals surface area contributed by atoms with Crippen molar-refractivity contribution in [2.24, 2.45) is 0 Å². The number of ether oxygens (including phenoxy) is 1. The van der Waals surface area contributed by atoms with Gasteiger partial charge in [-0.1, -0.05) is 11.2 Å². The molecule has 3 rings (SSSR count). The van der Waals surface area contributed by atoms with Crippen molar-refractivity contribution in [2.75, 3.05) is 7.11 Å². The summed E-state index contributed by atoms with van der Waals surface area (Å²) in [7, 11) is 1.59. The minimum Gasteiger partial charge on any atom is -0.497 e. The first-order chi connectivity index (χ1) is 11.3. The van der Waals surface area contributed by atoms with Crippen LogP contribution in [0.25, 0.3) is 11.4 Å². The largest absolute Gasteiger partial charge is 0.497 e. The molecule has 0 atom stereocenters. The van der Waals surface area contributed by atoms with Crippen LogP contribution in [0.1, 0.15) is 16.2 Å². The van der Waals surface area contributed by atoms with Crippen LogP contribution in [-0.2, 0) is 6.54 Å². The van der Waals surface area contributed by atoms with Crippen molar-refractivity contribution in [2.45, 2.75) is 6.54 Å². The van der Waals surface area contributed by atoms with Crippen molar-refractivity contribution < 1.29 is 14.1 Å². The highest BCUT2D eigenvalue weighted by Crippen LogP contribution is 2.19. The van der Waals surface area contributed by atoms with Gasteiger partial charge in [0.15, 0.2) is 0 Å². The summed E-state index contributed by atoms with van der Waals surface area (Å²) in [5.41, 5.74) is 1.62. The zero-order valence-electron chi connectivity index (χ0n) is 12.4. The number of hydrogen-bond acceptors (Lipinski definition) is 6. The van der Waals surface area contributed by atoms with E-state index >= 15 is 0 Å². The van der Waals surface area contributed by atoms with Crippen LogP contribution in [0.4, 0.5) is 0 Å². The summed E-state index contributed by atoms with van der Waals surface area (Å²) < 4.78 is 10.1. The maximum absolute atomic E-state index is 12.0. The number of rotatable bonds is 5. The number of methoxy groups -OCH3 is 1. The minimum absolute atomic E-state index is 0.0836. The highest BCUT2D eigenvalue weighted by molar-refractivity contribution is 5.89. The molecule has 23 heavy (non-hydrogen) atoms. The molecule has 116 valence electrons. The summed E-state index contributed by atoms with van der Waals surface area (Å²) in [6.45, 7) is 0.340. The standard InChI is InChI=1S/C16H14N4O3/c1-22-13-6-4-12(5-7-13)14-19-16(23-20-14)15(21)18-10-11-3-2-8-17-9-11/h2-9H,10H2,1H3,(H,18,21). The third-order valence-electron chi connectivity index (χ3n) is 3.14. The fourth-order valence-electron chi connectivity index (χ4n) is 1.93. The molecule has 0 saturated heterocycles. The first-order valence-corrected chi connectivity index (χ1v) is 6.91. The Balaban J connectivity index is 1.67. The summed E-state index contributed by atoms with van der Waals surface area (Å²) in [4.78, 5) is 20.1. The normalized spacial score (nSPS) is 10.3. The van der Waals surface area contributed by atoms with Crippen molar-refractivity contribution in [3.8, 4) is 17.1 Å². The molecule has 0 aliphatic rings. The van der Waals surface area contributed by atoms with Crippen molar-refractivity contribution >= 4 is 5.91 Å². The van der Waals surface area contributed by atoms with E-state index in [1.807, 2.05) is 6.07 Å². The lowest BCUT2D eigenvalue weighted by molar-refractivity contribution is 0.0907. The van der Waals surface area contributed by atoms with Crippen molar-refractivity contribution in [1.29, 1.82) is 0 Å². The highest BCUT2D eigenvalue weighted by Gasteiger charge is 2.15. The molecule has 0 unspecified atom stereocenters. The number of aromatic nitrogens is 3. The van der Waals surface area contributed by atoms with Gasteiger partial charge in [0.1, 0.15) is 5.75 Å². The van der Waals surface area contributed by atoms with Gasteiger partial charge in [0.25, 0.3) is 0 Å². The molecule has 1 aromatic carbocycles. The zero-order valence-corrected chi connectivity index (χ0v) is 12.4. The van der Waals surface area contributed by atoms with Crippen molar-refractivity contribution in [3.05, 3.63) is 60.2 Å². The van der Waals surface area contributed by atoms with Gasteiger partial charge in [-0.3, -0.25) is 9.78 Å². The Morgan fingerprint density at radius 2 is 2.09 bits per heavy atom. The summed E-state index contributed by atoms with van der Waals surface area (Å²) in [5.74, 6) is 0.562. The second kappa shape index (κ2) is 6.69. The number of nitrogens with zero attached hydrogens (tertiary/aromatic N) is 3. The van der Waals surface area contributed by atoms with E-state index in [0.717, 1.165) is 16.9 Å². The van der Waals surface area contributed by atoms with Crippen LogP contribution in [0.3, 0.4) is 0 Å². The van der Waals surface area contributed by atoms with E-state index in [9.17, 15) is 4.79 Å². The number of carbonyl (C=O) groups excluding carboxylic acids is 1. The predicted octanol–water partition coefficient (Wildman–Crippen LogP) is 2.07. The second-order valence-corrected chi connectivity index (χ2v) is 4.70. The van der Waals surface area contributed by atoms with E-state index in [1.54, 1.807) is 49.8 Å².